The SMILES string of the molecule is CCOc1ccc(S(=O)(=O)NCc2ncn[nH]2)cc1CN. The molecule has 0 amide bonds. The second-order valence-corrected chi connectivity index (χ2v) is 5.93. The monoisotopic (exact) mass is 311 g/mol. The van der Waals surface area contributed by atoms with Crippen molar-refractivity contribution in [1.29, 1.82) is 0 Å². The molecule has 0 unspecified atom stereocenters. The predicted molar refractivity (Wildman–Crippen MR) is 75.9 cm³/mol. The van der Waals surface area contributed by atoms with Gasteiger partial charge >= 0.3 is 0 Å². The van der Waals surface area contributed by atoms with Crippen molar-refractivity contribution >= 4 is 10.0 Å². The molecule has 0 atom stereocenters. The van der Waals surface area contributed by atoms with Crippen LogP contribution in [0.25, 0.3) is 0 Å². The van der Waals surface area contributed by atoms with E-state index in [1.165, 1.54) is 18.5 Å². The van der Waals surface area contributed by atoms with Crippen molar-refractivity contribution in [2.45, 2.75) is 24.9 Å². The molecule has 9 heteroatoms. The Hall–Kier alpha value is -1.97. The van der Waals surface area contributed by atoms with Crippen molar-refractivity contribution < 1.29 is 13.2 Å². The molecule has 114 valence electrons. The van der Waals surface area contributed by atoms with Gasteiger partial charge in [0.05, 0.1) is 18.0 Å². The van der Waals surface area contributed by atoms with Gasteiger partial charge in [0.2, 0.25) is 10.0 Å². The average Bonchev–Trinajstić information content (AvgIpc) is 2.99. The van der Waals surface area contributed by atoms with E-state index in [1.54, 1.807) is 6.07 Å². The maximum Gasteiger partial charge on any atom is 0.240 e. The van der Waals surface area contributed by atoms with Crippen LogP contribution >= 0.6 is 0 Å². The van der Waals surface area contributed by atoms with Crippen LogP contribution in [0.5, 0.6) is 5.75 Å². The molecular weight excluding hydrogens is 294 g/mol. The molecule has 0 saturated carbocycles. The first-order valence-electron chi connectivity index (χ1n) is 6.36. The van der Waals surface area contributed by atoms with Crippen molar-refractivity contribution in [2.75, 3.05) is 6.61 Å². The fraction of sp³-hybridized carbons (Fsp3) is 0.333. The highest BCUT2D eigenvalue weighted by atomic mass is 32.2. The molecule has 0 aliphatic carbocycles. The molecule has 4 N–H and O–H groups in total. The lowest BCUT2D eigenvalue weighted by atomic mass is 10.2. The number of H-pyrrole nitrogens is 1. The fourth-order valence-corrected chi connectivity index (χ4v) is 2.78. The van der Waals surface area contributed by atoms with Crippen molar-refractivity contribution in [3.63, 3.8) is 0 Å². The number of hydrogen-bond acceptors (Lipinski definition) is 6. The first kappa shape index (κ1) is 15.4. The number of aromatic nitrogens is 3. The predicted octanol–water partition coefficient (Wildman–Crippen LogP) is 0.141. The number of hydrogen-bond donors (Lipinski definition) is 3. The maximum atomic E-state index is 12.2. The van der Waals surface area contributed by atoms with Crippen LogP contribution in [0.1, 0.15) is 18.3 Å². The summed E-state index contributed by atoms with van der Waals surface area (Å²) in [4.78, 5) is 3.98. The third-order valence-corrected chi connectivity index (χ3v) is 4.16. The highest BCUT2D eigenvalue weighted by molar-refractivity contribution is 7.89. The number of aromatic amines is 1. The minimum Gasteiger partial charge on any atom is -0.494 e. The third kappa shape index (κ3) is 3.78. The van der Waals surface area contributed by atoms with Crippen LogP contribution in [0.4, 0.5) is 0 Å². The van der Waals surface area contributed by atoms with E-state index in [0.29, 0.717) is 23.7 Å². The summed E-state index contributed by atoms with van der Waals surface area (Å²) in [7, 11) is -3.65. The van der Waals surface area contributed by atoms with Gasteiger partial charge in [-0.25, -0.2) is 18.1 Å². The molecule has 0 aliphatic heterocycles. The third-order valence-electron chi connectivity index (χ3n) is 2.76. The summed E-state index contributed by atoms with van der Waals surface area (Å²) in [5, 5.41) is 6.23. The Morgan fingerprint density at radius 3 is 2.86 bits per heavy atom. The topological polar surface area (TPSA) is 123 Å². The highest BCUT2D eigenvalue weighted by Crippen LogP contribution is 2.22. The van der Waals surface area contributed by atoms with Gasteiger partial charge in [-0.1, -0.05) is 0 Å². The minimum atomic E-state index is -3.65. The lowest BCUT2D eigenvalue weighted by Crippen LogP contribution is -2.24. The minimum absolute atomic E-state index is 0.0352. The van der Waals surface area contributed by atoms with Crippen LogP contribution in [0.15, 0.2) is 29.4 Å². The molecule has 0 spiro atoms. The quantitative estimate of drug-likeness (QED) is 0.668. The normalized spacial score (nSPS) is 11.5. The van der Waals surface area contributed by atoms with E-state index in [2.05, 4.69) is 19.9 Å². The van der Waals surface area contributed by atoms with Crippen LogP contribution in [-0.4, -0.2) is 30.2 Å². The summed E-state index contributed by atoms with van der Waals surface area (Å²) in [6.45, 7) is 2.57. The molecule has 0 fully saturated rings. The Morgan fingerprint density at radius 1 is 1.43 bits per heavy atom. The van der Waals surface area contributed by atoms with Gasteiger partial charge in [-0.15, -0.1) is 0 Å². The standard InChI is InChI=1S/C12H17N5O3S/c1-2-20-11-4-3-10(5-9(11)6-13)21(18,19)16-7-12-14-8-15-17-12/h3-5,8,16H,2,6-7,13H2,1H3,(H,14,15,17). The summed E-state index contributed by atoms with van der Waals surface area (Å²) in [6, 6.07) is 4.59. The summed E-state index contributed by atoms with van der Waals surface area (Å²) >= 11 is 0. The Bertz CT molecular complexity index is 685. The van der Waals surface area contributed by atoms with Crippen molar-refractivity contribution in [3.05, 3.63) is 35.9 Å². The molecule has 1 aromatic heterocycles. The Balaban J connectivity index is 2.19. The molecule has 2 aromatic rings. The van der Waals surface area contributed by atoms with Gasteiger partial charge in [-0.2, -0.15) is 5.10 Å². The van der Waals surface area contributed by atoms with E-state index in [-0.39, 0.29) is 18.0 Å². The summed E-state index contributed by atoms with van der Waals surface area (Å²) in [5.74, 6) is 1.03. The van der Waals surface area contributed by atoms with Gasteiger partial charge in [-0.05, 0) is 25.1 Å². The van der Waals surface area contributed by atoms with Gasteiger partial charge in [0.25, 0.3) is 0 Å². The molecule has 0 aliphatic rings. The number of sulfonamides is 1. The lowest BCUT2D eigenvalue weighted by molar-refractivity contribution is 0.336. The molecule has 1 aromatic carbocycles. The van der Waals surface area contributed by atoms with Crippen LogP contribution in [0.2, 0.25) is 0 Å². The van der Waals surface area contributed by atoms with Crippen molar-refractivity contribution in [1.82, 2.24) is 19.9 Å². The highest BCUT2D eigenvalue weighted by Gasteiger charge is 2.16. The maximum absolute atomic E-state index is 12.2. The van der Waals surface area contributed by atoms with Gasteiger partial charge < -0.3 is 10.5 Å². The molecular formula is C12H17N5O3S. The Labute approximate surface area is 122 Å². The fourth-order valence-electron chi connectivity index (χ4n) is 1.74. The second-order valence-electron chi connectivity index (χ2n) is 4.16. The Kier molecular flexibility index (Phi) is 4.89. The molecule has 8 nitrogen and oxygen atoms in total. The number of nitrogens with one attached hydrogen (secondary N) is 2. The number of nitrogens with zero attached hydrogens (tertiary/aromatic N) is 2. The van der Waals surface area contributed by atoms with Crippen LogP contribution < -0.4 is 15.2 Å². The number of benzene rings is 1. The largest absolute Gasteiger partial charge is 0.494 e. The van der Waals surface area contributed by atoms with Gasteiger partial charge in [0, 0.05) is 12.1 Å². The van der Waals surface area contributed by atoms with E-state index in [9.17, 15) is 8.42 Å². The van der Waals surface area contributed by atoms with Crippen LogP contribution in [0.3, 0.4) is 0 Å². The van der Waals surface area contributed by atoms with Crippen molar-refractivity contribution in [2.24, 2.45) is 5.73 Å². The van der Waals surface area contributed by atoms with E-state index in [4.69, 9.17) is 10.5 Å². The number of rotatable bonds is 7. The first-order chi connectivity index (χ1) is 10.1. The molecule has 21 heavy (non-hydrogen) atoms. The molecule has 0 bridgehead atoms. The lowest BCUT2D eigenvalue weighted by Gasteiger charge is -2.11. The van der Waals surface area contributed by atoms with Crippen molar-refractivity contribution in [3.8, 4) is 5.75 Å². The first-order valence-corrected chi connectivity index (χ1v) is 7.85. The van der Waals surface area contributed by atoms with Gasteiger partial charge in [0.1, 0.15) is 17.9 Å². The van der Waals surface area contributed by atoms with Crippen LogP contribution in [-0.2, 0) is 23.1 Å². The molecule has 0 saturated heterocycles. The van der Waals surface area contributed by atoms with E-state index >= 15 is 0 Å². The smallest absolute Gasteiger partial charge is 0.240 e. The average molecular weight is 311 g/mol. The Morgan fingerprint density at radius 2 is 2.24 bits per heavy atom. The number of ether oxygens (including phenoxy) is 1. The van der Waals surface area contributed by atoms with E-state index in [1.807, 2.05) is 6.92 Å². The van der Waals surface area contributed by atoms with E-state index in [0.717, 1.165) is 0 Å². The summed E-state index contributed by atoms with van der Waals surface area (Å²) in [6.07, 6.45) is 1.31. The zero-order valence-electron chi connectivity index (χ0n) is 11.5. The summed E-state index contributed by atoms with van der Waals surface area (Å²) < 4.78 is 32.3. The summed E-state index contributed by atoms with van der Waals surface area (Å²) in [5.41, 5.74) is 6.26. The van der Waals surface area contributed by atoms with E-state index < -0.39 is 10.0 Å². The zero-order valence-corrected chi connectivity index (χ0v) is 12.4. The number of nitrogens with two attached hydrogens (primary N) is 1. The molecule has 0 radical (unpaired) electrons. The molecule has 1 heterocycles. The zero-order chi connectivity index (χ0) is 15.3. The van der Waals surface area contributed by atoms with Gasteiger partial charge in [-0.3, -0.25) is 5.10 Å². The molecule has 2 rings (SSSR count). The second kappa shape index (κ2) is 6.66. The van der Waals surface area contributed by atoms with Gasteiger partial charge in [0.15, 0.2) is 0 Å². The van der Waals surface area contributed by atoms with Crippen LogP contribution in [0, 0.1) is 0 Å².